The zero-order chi connectivity index (χ0) is 15.1. The molecule has 0 heterocycles. The Morgan fingerprint density at radius 3 is 2.70 bits per heavy atom. The summed E-state index contributed by atoms with van der Waals surface area (Å²) in [6.45, 7) is 0.837. The van der Waals surface area contributed by atoms with Crippen molar-refractivity contribution in [3.05, 3.63) is 34.3 Å². The molecule has 112 valence electrons. The van der Waals surface area contributed by atoms with Gasteiger partial charge >= 0.3 is 0 Å². The maximum atomic E-state index is 12.3. The maximum Gasteiger partial charge on any atom is 0.255 e. The van der Waals surface area contributed by atoms with Gasteiger partial charge in [0.25, 0.3) is 6.43 Å². The fourth-order valence-corrected chi connectivity index (χ4v) is 2.01. The topological polar surface area (TPSA) is 40.5 Å². The second kappa shape index (κ2) is 8.17. The van der Waals surface area contributed by atoms with Crippen LogP contribution in [0, 0.1) is 6.92 Å². The monoisotopic (exact) mass is 305 g/mol. The molecule has 3 nitrogen and oxygen atoms in total. The normalized spacial score (nSPS) is 10.9. The quantitative estimate of drug-likeness (QED) is 0.841. The van der Waals surface area contributed by atoms with E-state index >= 15 is 0 Å². The van der Waals surface area contributed by atoms with Gasteiger partial charge in [-0.15, -0.1) is 0 Å². The van der Waals surface area contributed by atoms with E-state index in [0.29, 0.717) is 11.4 Å². The van der Waals surface area contributed by atoms with Crippen LogP contribution in [0.15, 0.2) is 18.2 Å². The van der Waals surface area contributed by atoms with Crippen LogP contribution in [0.4, 0.5) is 8.78 Å². The molecule has 0 saturated carbocycles. The van der Waals surface area contributed by atoms with Crippen LogP contribution in [0.1, 0.15) is 17.5 Å². The first-order valence-electron chi connectivity index (χ1n) is 6.36. The lowest BCUT2D eigenvalue weighted by atomic mass is 10.1. The number of aliphatic hydroxyl groups is 1. The molecule has 0 bridgehead atoms. The Morgan fingerprint density at radius 1 is 1.45 bits per heavy atom. The number of amides is 1. The second-order valence-corrected chi connectivity index (χ2v) is 4.95. The van der Waals surface area contributed by atoms with Gasteiger partial charge in [0.15, 0.2) is 0 Å². The fraction of sp³-hybridized carbons (Fsp3) is 0.500. The highest BCUT2D eigenvalue weighted by atomic mass is 35.5. The average Bonchev–Trinajstić information content (AvgIpc) is 2.39. The highest BCUT2D eigenvalue weighted by Crippen LogP contribution is 2.18. The van der Waals surface area contributed by atoms with Gasteiger partial charge in [0, 0.05) is 18.0 Å². The molecule has 1 aromatic carbocycles. The minimum absolute atomic E-state index is 0.0716. The van der Waals surface area contributed by atoms with Crippen molar-refractivity contribution in [3.63, 3.8) is 0 Å². The zero-order valence-corrected chi connectivity index (χ0v) is 12.0. The summed E-state index contributed by atoms with van der Waals surface area (Å²) >= 11 is 5.98. The van der Waals surface area contributed by atoms with Crippen LogP contribution in [0.2, 0.25) is 5.02 Å². The third-order valence-corrected chi connectivity index (χ3v) is 3.35. The molecule has 0 aliphatic rings. The molecule has 0 atom stereocenters. The molecular formula is C14H18ClF2NO2. The number of halogens is 3. The lowest BCUT2D eigenvalue weighted by Gasteiger charge is -2.21. The molecule has 1 amide bonds. The van der Waals surface area contributed by atoms with Crippen molar-refractivity contribution in [1.29, 1.82) is 0 Å². The van der Waals surface area contributed by atoms with Crippen LogP contribution in [0.25, 0.3) is 0 Å². The van der Waals surface area contributed by atoms with Gasteiger partial charge in [0.2, 0.25) is 5.91 Å². The number of benzene rings is 1. The predicted octanol–water partition coefficient (Wildman–Crippen LogP) is 2.67. The number of carbonyl (C=O) groups excluding carboxylic acids is 1. The summed E-state index contributed by atoms with van der Waals surface area (Å²) in [6, 6.07) is 5.48. The predicted molar refractivity (Wildman–Crippen MR) is 74.2 cm³/mol. The summed E-state index contributed by atoms with van der Waals surface area (Å²) in [5.74, 6) is -0.393. The minimum Gasteiger partial charge on any atom is -0.395 e. The van der Waals surface area contributed by atoms with Gasteiger partial charge in [-0.05, 0) is 30.5 Å². The van der Waals surface area contributed by atoms with Crippen LogP contribution in [-0.4, -0.2) is 42.0 Å². The standard InChI is InChI=1S/C14H18ClF2NO2/c1-10-2-3-11(8-12(10)15)4-5-14(20)18(6-7-19)9-13(16)17/h2-3,8,13,19H,4-7,9H2,1H3. The Bertz CT molecular complexity index is 455. The molecular weight excluding hydrogens is 288 g/mol. The first-order chi connectivity index (χ1) is 9.43. The lowest BCUT2D eigenvalue weighted by molar-refractivity contribution is -0.133. The molecule has 6 heteroatoms. The van der Waals surface area contributed by atoms with Gasteiger partial charge in [0.05, 0.1) is 13.2 Å². The third-order valence-electron chi connectivity index (χ3n) is 2.94. The zero-order valence-electron chi connectivity index (χ0n) is 11.3. The highest BCUT2D eigenvalue weighted by molar-refractivity contribution is 6.31. The molecule has 1 N–H and O–H groups in total. The number of hydrogen-bond donors (Lipinski definition) is 1. The van der Waals surface area contributed by atoms with Gasteiger partial charge in [-0.1, -0.05) is 23.7 Å². The molecule has 0 fully saturated rings. The largest absolute Gasteiger partial charge is 0.395 e. The van der Waals surface area contributed by atoms with Crippen LogP contribution in [0.3, 0.4) is 0 Å². The van der Waals surface area contributed by atoms with Crippen molar-refractivity contribution in [1.82, 2.24) is 4.90 Å². The first-order valence-corrected chi connectivity index (χ1v) is 6.73. The molecule has 0 aliphatic heterocycles. The van der Waals surface area contributed by atoms with E-state index in [0.717, 1.165) is 16.0 Å². The molecule has 0 aliphatic carbocycles. The number of alkyl halides is 2. The molecule has 1 aromatic rings. The smallest absolute Gasteiger partial charge is 0.255 e. The van der Waals surface area contributed by atoms with Crippen LogP contribution in [-0.2, 0) is 11.2 Å². The third kappa shape index (κ3) is 5.43. The minimum atomic E-state index is -2.60. The highest BCUT2D eigenvalue weighted by Gasteiger charge is 2.17. The van der Waals surface area contributed by atoms with E-state index in [4.69, 9.17) is 16.7 Å². The number of aliphatic hydroxyl groups excluding tert-OH is 1. The molecule has 0 aromatic heterocycles. The molecule has 20 heavy (non-hydrogen) atoms. The summed E-state index contributed by atoms with van der Waals surface area (Å²) < 4.78 is 24.7. The van der Waals surface area contributed by atoms with E-state index in [9.17, 15) is 13.6 Å². The van der Waals surface area contributed by atoms with E-state index in [1.54, 1.807) is 6.07 Å². The molecule has 1 rings (SSSR count). The van der Waals surface area contributed by atoms with E-state index < -0.39 is 18.9 Å². The van der Waals surface area contributed by atoms with Crippen molar-refractivity contribution in [2.24, 2.45) is 0 Å². The van der Waals surface area contributed by atoms with Gasteiger partial charge in [-0.25, -0.2) is 8.78 Å². The summed E-state index contributed by atoms with van der Waals surface area (Å²) in [5.41, 5.74) is 1.83. The number of nitrogens with zero attached hydrogens (tertiary/aromatic N) is 1. The van der Waals surface area contributed by atoms with Gasteiger partial charge in [0.1, 0.15) is 0 Å². The summed E-state index contributed by atoms with van der Waals surface area (Å²) in [6.07, 6.45) is -2.05. The Morgan fingerprint density at radius 2 is 2.15 bits per heavy atom. The van der Waals surface area contributed by atoms with Crippen LogP contribution in [0.5, 0.6) is 0 Å². The van der Waals surface area contributed by atoms with Crippen molar-refractivity contribution >= 4 is 17.5 Å². The fourth-order valence-electron chi connectivity index (χ4n) is 1.81. The number of aryl methyl sites for hydroxylation is 2. The van der Waals surface area contributed by atoms with E-state index in [-0.39, 0.29) is 19.6 Å². The Balaban J connectivity index is 2.57. The average molecular weight is 306 g/mol. The summed E-state index contributed by atoms with van der Waals surface area (Å²) in [5, 5.41) is 9.41. The molecule has 0 unspecified atom stereocenters. The summed E-state index contributed by atoms with van der Waals surface area (Å²) in [4.78, 5) is 12.8. The second-order valence-electron chi connectivity index (χ2n) is 4.54. The summed E-state index contributed by atoms with van der Waals surface area (Å²) in [7, 11) is 0. The van der Waals surface area contributed by atoms with Crippen LogP contribution >= 0.6 is 11.6 Å². The first kappa shape index (κ1) is 16.9. The number of rotatable bonds is 7. The van der Waals surface area contributed by atoms with Crippen molar-refractivity contribution < 1.29 is 18.7 Å². The van der Waals surface area contributed by atoms with Crippen molar-refractivity contribution in [2.45, 2.75) is 26.2 Å². The van der Waals surface area contributed by atoms with Crippen molar-refractivity contribution in [2.75, 3.05) is 19.7 Å². The van der Waals surface area contributed by atoms with Gasteiger partial charge < -0.3 is 10.0 Å². The molecule has 0 spiro atoms. The Kier molecular flexibility index (Phi) is 6.88. The lowest BCUT2D eigenvalue weighted by Crippen LogP contribution is -2.37. The van der Waals surface area contributed by atoms with Gasteiger partial charge in [-0.3, -0.25) is 4.79 Å². The molecule has 0 radical (unpaired) electrons. The number of carbonyl (C=O) groups is 1. The van der Waals surface area contributed by atoms with E-state index in [1.807, 2.05) is 19.1 Å². The Labute approximate surface area is 122 Å². The molecule has 0 saturated heterocycles. The van der Waals surface area contributed by atoms with Gasteiger partial charge in [-0.2, -0.15) is 0 Å². The maximum absolute atomic E-state index is 12.3. The van der Waals surface area contributed by atoms with Crippen LogP contribution < -0.4 is 0 Å². The SMILES string of the molecule is Cc1ccc(CCC(=O)N(CCO)CC(F)F)cc1Cl. The Hall–Kier alpha value is -1.20. The van der Waals surface area contributed by atoms with E-state index in [1.165, 1.54) is 0 Å². The van der Waals surface area contributed by atoms with E-state index in [2.05, 4.69) is 0 Å². The number of hydrogen-bond acceptors (Lipinski definition) is 2. The van der Waals surface area contributed by atoms with Crippen molar-refractivity contribution in [3.8, 4) is 0 Å².